The van der Waals surface area contributed by atoms with Gasteiger partial charge >= 0.3 is 0 Å². The van der Waals surface area contributed by atoms with Crippen molar-refractivity contribution in [3.63, 3.8) is 0 Å². The van der Waals surface area contributed by atoms with Crippen molar-refractivity contribution in [3.8, 4) is 0 Å². The lowest BCUT2D eigenvalue weighted by molar-refractivity contribution is -0.671. The third-order valence-electron chi connectivity index (χ3n) is 7.99. The van der Waals surface area contributed by atoms with Crippen molar-refractivity contribution in [2.24, 2.45) is 0 Å². The van der Waals surface area contributed by atoms with Crippen LogP contribution in [0.15, 0.2) is 164 Å². The number of pyridine rings is 1. The standard InChI is InChI=1S/C24H20B.C14H18N/c1-5-13-21(14-6-1)25(22-15-7-2-8-16-22,23-17-9-3-10-18-23)24-19-11-4-12-20-24;1-2-3-6-11-15-12-7-9-13-8-4-5-10-14(13)15/h1-20H;4-5,7-10,12H,2-3,6,11H2,1H3/q-1;+1. The molecule has 2 heteroatoms. The van der Waals surface area contributed by atoms with Gasteiger partial charge in [0.2, 0.25) is 5.52 Å². The summed E-state index contributed by atoms with van der Waals surface area (Å²) in [7, 11) is 0. The molecule has 1 nitrogen and oxygen atoms in total. The highest BCUT2D eigenvalue weighted by Gasteiger charge is 2.31. The van der Waals surface area contributed by atoms with Gasteiger partial charge in [-0.25, -0.2) is 0 Å². The lowest BCUT2D eigenvalue weighted by Crippen LogP contribution is -2.74. The Morgan fingerprint density at radius 2 is 0.850 bits per heavy atom. The van der Waals surface area contributed by atoms with Crippen LogP contribution in [0.2, 0.25) is 0 Å². The van der Waals surface area contributed by atoms with Crippen molar-refractivity contribution in [1.82, 2.24) is 0 Å². The van der Waals surface area contributed by atoms with Gasteiger partial charge in [-0.05, 0) is 18.6 Å². The zero-order chi connectivity index (χ0) is 27.5. The number of aromatic nitrogens is 1. The van der Waals surface area contributed by atoms with Gasteiger partial charge in [-0.15, -0.1) is 0 Å². The van der Waals surface area contributed by atoms with Gasteiger partial charge in [0.1, 0.15) is 12.7 Å². The van der Waals surface area contributed by atoms with E-state index in [1.54, 1.807) is 0 Å². The summed E-state index contributed by atoms with van der Waals surface area (Å²) in [4.78, 5) is 0. The van der Waals surface area contributed by atoms with Crippen LogP contribution in [0.4, 0.5) is 0 Å². The molecule has 6 aromatic rings. The summed E-state index contributed by atoms with van der Waals surface area (Å²) in [5.41, 5.74) is 6.70. The van der Waals surface area contributed by atoms with Crippen LogP contribution in [0.5, 0.6) is 0 Å². The maximum absolute atomic E-state index is 2.35. The Morgan fingerprint density at radius 1 is 0.450 bits per heavy atom. The molecule has 40 heavy (non-hydrogen) atoms. The largest absolute Gasteiger partial charge is 0.212 e. The second kappa shape index (κ2) is 13.6. The van der Waals surface area contributed by atoms with Crippen LogP contribution in [0.3, 0.4) is 0 Å². The highest BCUT2D eigenvalue weighted by molar-refractivity contribution is 7.19. The van der Waals surface area contributed by atoms with Crippen LogP contribution < -0.4 is 26.4 Å². The Hall–Kier alpha value is -4.43. The number of hydrogen-bond donors (Lipinski definition) is 0. The van der Waals surface area contributed by atoms with Crippen LogP contribution in [-0.4, -0.2) is 6.15 Å². The highest BCUT2D eigenvalue weighted by Crippen LogP contribution is 2.10. The predicted molar refractivity (Wildman–Crippen MR) is 174 cm³/mol. The smallest absolute Gasteiger partial charge is 0.198 e. The molecule has 0 amide bonds. The average molecular weight is 520 g/mol. The molecule has 0 unspecified atom stereocenters. The van der Waals surface area contributed by atoms with Gasteiger partial charge in [0, 0.05) is 23.9 Å². The molecule has 0 aliphatic rings. The maximum atomic E-state index is 2.35. The van der Waals surface area contributed by atoms with Gasteiger partial charge in [-0.2, -0.15) is 26.4 Å². The third-order valence-corrected chi connectivity index (χ3v) is 7.99. The fraction of sp³-hybridized carbons (Fsp3) is 0.132. The van der Waals surface area contributed by atoms with Gasteiger partial charge in [-0.3, -0.25) is 0 Å². The minimum absolute atomic E-state index is 1.13. The molecule has 0 fully saturated rings. The van der Waals surface area contributed by atoms with E-state index in [2.05, 4.69) is 175 Å². The maximum Gasteiger partial charge on any atom is 0.212 e. The molecule has 6 rings (SSSR count). The Balaban J connectivity index is 0.000000184. The van der Waals surface area contributed by atoms with E-state index in [1.807, 2.05) is 0 Å². The van der Waals surface area contributed by atoms with Crippen LogP contribution >= 0.6 is 0 Å². The molecule has 0 aliphatic heterocycles. The first-order valence-electron chi connectivity index (χ1n) is 14.6. The van der Waals surface area contributed by atoms with E-state index in [0.717, 1.165) is 6.54 Å². The first-order valence-corrected chi connectivity index (χ1v) is 14.6. The van der Waals surface area contributed by atoms with E-state index in [1.165, 1.54) is 52.0 Å². The summed E-state index contributed by atoms with van der Waals surface area (Å²) in [6.07, 6.45) is 4.83. The second-order valence-electron chi connectivity index (χ2n) is 10.5. The number of aryl methyl sites for hydroxylation is 1. The van der Waals surface area contributed by atoms with E-state index in [-0.39, 0.29) is 0 Å². The summed E-state index contributed by atoms with van der Waals surface area (Å²) < 4.78 is 2.35. The van der Waals surface area contributed by atoms with E-state index >= 15 is 0 Å². The first kappa shape index (κ1) is 27.2. The van der Waals surface area contributed by atoms with Crippen molar-refractivity contribution >= 4 is 38.9 Å². The molecule has 0 atom stereocenters. The molecular formula is C38H38BN. The Kier molecular flexibility index (Phi) is 9.22. The number of para-hydroxylation sites is 1. The minimum atomic E-state index is -1.22. The number of rotatable bonds is 8. The molecule has 5 aromatic carbocycles. The van der Waals surface area contributed by atoms with Crippen LogP contribution in [0.1, 0.15) is 26.2 Å². The number of hydrogen-bond acceptors (Lipinski definition) is 0. The second-order valence-corrected chi connectivity index (χ2v) is 10.5. The molecule has 1 heterocycles. The van der Waals surface area contributed by atoms with Gasteiger partial charge in [0.15, 0.2) is 6.20 Å². The van der Waals surface area contributed by atoms with Crippen molar-refractivity contribution in [2.75, 3.05) is 0 Å². The van der Waals surface area contributed by atoms with Crippen molar-refractivity contribution in [2.45, 2.75) is 32.7 Å². The highest BCUT2D eigenvalue weighted by atomic mass is 14.9. The molecule has 0 bridgehead atoms. The predicted octanol–water partition coefficient (Wildman–Crippen LogP) is 6.38. The fourth-order valence-corrected chi connectivity index (χ4v) is 6.07. The summed E-state index contributed by atoms with van der Waals surface area (Å²) in [6.45, 7) is 3.38. The summed E-state index contributed by atoms with van der Waals surface area (Å²) in [5.74, 6) is 0. The molecule has 0 saturated heterocycles. The molecule has 0 spiro atoms. The topological polar surface area (TPSA) is 3.88 Å². The van der Waals surface area contributed by atoms with Gasteiger partial charge < -0.3 is 0 Å². The molecule has 0 aliphatic carbocycles. The van der Waals surface area contributed by atoms with Gasteiger partial charge in [0.25, 0.3) is 0 Å². The van der Waals surface area contributed by atoms with Crippen LogP contribution in [0, 0.1) is 0 Å². The Morgan fingerprint density at radius 3 is 1.30 bits per heavy atom. The summed E-state index contributed by atoms with van der Waals surface area (Å²) >= 11 is 0. The molecule has 1 aromatic heterocycles. The van der Waals surface area contributed by atoms with E-state index in [0.29, 0.717) is 0 Å². The van der Waals surface area contributed by atoms with E-state index in [9.17, 15) is 0 Å². The van der Waals surface area contributed by atoms with E-state index in [4.69, 9.17) is 0 Å². The number of fused-ring (bicyclic) bond motifs is 1. The quantitative estimate of drug-likeness (QED) is 0.125. The van der Waals surface area contributed by atoms with Crippen LogP contribution in [0.25, 0.3) is 10.9 Å². The number of nitrogens with zero attached hydrogens (tertiary/aromatic N) is 1. The fourth-order valence-electron chi connectivity index (χ4n) is 6.07. The molecule has 198 valence electrons. The average Bonchev–Trinajstić information content (AvgIpc) is 3.04. The molecule has 0 N–H and O–H groups in total. The SMILES string of the molecule is CCCCC[n+]1cccc2ccccc21.c1ccc([B-](c2ccccc2)(c2ccccc2)c2ccccc2)cc1. The Bertz CT molecular complexity index is 1410. The zero-order valence-corrected chi connectivity index (χ0v) is 23.4. The first-order chi connectivity index (χ1) is 19.8. The van der Waals surface area contributed by atoms with Gasteiger partial charge in [0.05, 0.1) is 0 Å². The van der Waals surface area contributed by atoms with Crippen molar-refractivity contribution in [1.29, 1.82) is 0 Å². The Labute approximate surface area is 239 Å². The van der Waals surface area contributed by atoms with Gasteiger partial charge in [-0.1, -0.05) is 147 Å². The third kappa shape index (κ3) is 5.92. The lowest BCUT2D eigenvalue weighted by Gasteiger charge is -2.44. The van der Waals surface area contributed by atoms with E-state index < -0.39 is 6.15 Å². The van der Waals surface area contributed by atoms with Crippen LogP contribution in [-0.2, 0) is 6.54 Å². The number of unbranched alkanes of at least 4 members (excludes halogenated alkanes) is 2. The lowest BCUT2D eigenvalue weighted by atomic mass is 9.13. The molecular weight excluding hydrogens is 481 g/mol. The molecule has 0 saturated carbocycles. The number of benzene rings is 5. The summed E-state index contributed by atoms with van der Waals surface area (Å²) in [5, 5.41) is 1.33. The molecule has 0 radical (unpaired) electrons. The zero-order valence-electron chi connectivity index (χ0n) is 23.4. The monoisotopic (exact) mass is 519 g/mol. The minimum Gasteiger partial charge on any atom is -0.198 e. The van der Waals surface area contributed by atoms with Crippen molar-refractivity contribution in [3.05, 3.63) is 164 Å². The summed E-state index contributed by atoms with van der Waals surface area (Å²) in [6, 6.07) is 56.4. The normalized spacial score (nSPS) is 11.0. The van der Waals surface area contributed by atoms with Crippen molar-refractivity contribution < 1.29 is 4.57 Å².